The molecule has 1 saturated carbocycles. The Labute approximate surface area is 210 Å². The van der Waals surface area contributed by atoms with Crippen molar-refractivity contribution in [3.63, 3.8) is 0 Å². The van der Waals surface area contributed by atoms with Crippen LogP contribution in [-0.4, -0.2) is 27.9 Å². The van der Waals surface area contributed by atoms with Gasteiger partial charge in [0, 0.05) is 17.6 Å². The Hall–Kier alpha value is -3.93. The van der Waals surface area contributed by atoms with Gasteiger partial charge in [0.25, 0.3) is 0 Å². The van der Waals surface area contributed by atoms with Crippen LogP contribution in [0.25, 0.3) is 11.1 Å². The number of benzene rings is 3. The molecule has 0 spiro atoms. The fourth-order valence-electron chi connectivity index (χ4n) is 5.32. The summed E-state index contributed by atoms with van der Waals surface area (Å²) < 4.78 is 12.4. The lowest BCUT2D eigenvalue weighted by Crippen LogP contribution is -2.27. The van der Waals surface area contributed by atoms with E-state index in [9.17, 15) is 15.0 Å². The summed E-state index contributed by atoms with van der Waals surface area (Å²) in [5, 5.41) is 29.0. The summed E-state index contributed by atoms with van der Waals surface area (Å²) in [5.41, 5.74) is 4.54. The fourth-order valence-corrected chi connectivity index (χ4v) is 5.32. The Morgan fingerprint density at radius 3 is 2.44 bits per heavy atom. The van der Waals surface area contributed by atoms with Gasteiger partial charge in [0.15, 0.2) is 0 Å². The van der Waals surface area contributed by atoms with Crippen LogP contribution < -0.4 is 9.47 Å². The number of carboxylic acids is 1. The van der Waals surface area contributed by atoms with Gasteiger partial charge < -0.3 is 24.8 Å². The van der Waals surface area contributed by atoms with Gasteiger partial charge in [-0.2, -0.15) is 0 Å². The van der Waals surface area contributed by atoms with Crippen molar-refractivity contribution in [1.82, 2.24) is 0 Å². The average molecular weight is 487 g/mol. The number of carbonyl (C=O) groups is 1. The summed E-state index contributed by atoms with van der Waals surface area (Å²) in [4.78, 5) is 10.8. The van der Waals surface area contributed by atoms with Crippen molar-refractivity contribution < 1.29 is 29.6 Å². The molecule has 1 aliphatic heterocycles. The number of fused-ring (bicyclic) bond motifs is 1. The van der Waals surface area contributed by atoms with Gasteiger partial charge in [0.2, 0.25) is 0 Å². The van der Waals surface area contributed by atoms with E-state index >= 15 is 0 Å². The summed E-state index contributed by atoms with van der Waals surface area (Å²) >= 11 is 0. The highest BCUT2D eigenvalue weighted by Gasteiger charge is 2.31. The standard InChI is InChI=1S/C30H30O6/c1-18-26-17-24(32)7-10-27(26)36-30(29(18)22-3-2-4-23(31)16-22)21-5-8-25(9-6-21)35-12-11-19-13-20(14-19)15-28(33)34/h2-10,16-17,19-20,30-32H,11-15H2,1H3,(H,33,34)/t19?,20?,30-/m0/s1. The smallest absolute Gasteiger partial charge is 0.303 e. The molecule has 0 bridgehead atoms. The maximum absolute atomic E-state index is 10.8. The Bertz CT molecular complexity index is 1290. The summed E-state index contributed by atoms with van der Waals surface area (Å²) in [7, 11) is 0. The SMILES string of the molecule is CC1=C(c2cccc(O)c2)[C@H](c2ccc(OCCC3CC(CC(=O)O)C3)cc2)Oc2ccc(O)cc21. The minimum atomic E-state index is -0.712. The van der Waals surface area contributed by atoms with Crippen LogP contribution in [0.2, 0.25) is 0 Å². The maximum Gasteiger partial charge on any atom is 0.303 e. The molecule has 1 aliphatic carbocycles. The van der Waals surface area contributed by atoms with Crippen molar-refractivity contribution in [3.05, 3.63) is 83.4 Å². The van der Waals surface area contributed by atoms with Crippen LogP contribution in [0, 0.1) is 11.8 Å². The second-order valence-corrected chi connectivity index (χ2v) is 9.77. The number of phenols is 2. The molecule has 2 aliphatic rings. The van der Waals surface area contributed by atoms with Gasteiger partial charge in [-0.1, -0.05) is 24.3 Å². The highest BCUT2D eigenvalue weighted by molar-refractivity contribution is 5.95. The molecule has 6 nitrogen and oxygen atoms in total. The molecule has 1 atom stereocenters. The number of hydrogen-bond acceptors (Lipinski definition) is 5. The predicted molar refractivity (Wildman–Crippen MR) is 137 cm³/mol. The lowest BCUT2D eigenvalue weighted by molar-refractivity contribution is -0.139. The number of aromatic hydroxyl groups is 2. The molecule has 3 N–H and O–H groups in total. The molecule has 186 valence electrons. The number of aliphatic carboxylic acids is 1. The number of carboxylic acid groups (broad SMARTS) is 1. The van der Waals surface area contributed by atoms with E-state index in [-0.39, 0.29) is 24.0 Å². The Morgan fingerprint density at radius 1 is 0.972 bits per heavy atom. The third-order valence-electron chi connectivity index (χ3n) is 7.21. The number of allylic oxidation sites excluding steroid dienone is 1. The number of phenolic OH excluding ortho intramolecular Hbond substituents is 2. The first-order chi connectivity index (χ1) is 17.4. The molecule has 5 rings (SSSR count). The molecule has 3 aromatic carbocycles. The first-order valence-electron chi connectivity index (χ1n) is 12.3. The van der Waals surface area contributed by atoms with Gasteiger partial charge in [-0.25, -0.2) is 0 Å². The Morgan fingerprint density at radius 2 is 1.72 bits per heavy atom. The summed E-state index contributed by atoms with van der Waals surface area (Å²) in [6.07, 6.45) is 2.74. The van der Waals surface area contributed by atoms with Crippen LogP contribution in [0.5, 0.6) is 23.0 Å². The number of hydrogen-bond donors (Lipinski definition) is 3. The summed E-state index contributed by atoms with van der Waals surface area (Å²) in [5.74, 6) is 1.97. The van der Waals surface area contributed by atoms with Gasteiger partial charge in [-0.05, 0) is 97.2 Å². The highest BCUT2D eigenvalue weighted by Crippen LogP contribution is 2.47. The molecule has 3 aromatic rings. The third-order valence-corrected chi connectivity index (χ3v) is 7.21. The topological polar surface area (TPSA) is 96.2 Å². The first-order valence-corrected chi connectivity index (χ1v) is 12.3. The van der Waals surface area contributed by atoms with Gasteiger partial charge in [0.1, 0.15) is 29.1 Å². The zero-order valence-electron chi connectivity index (χ0n) is 20.2. The number of rotatable bonds is 8. The summed E-state index contributed by atoms with van der Waals surface area (Å²) in [6, 6.07) is 20.1. The molecule has 0 radical (unpaired) electrons. The van der Waals surface area contributed by atoms with E-state index in [4.69, 9.17) is 14.6 Å². The Kier molecular flexibility index (Phi) is 6.59. The quantitative estimate of drug-likeness (QED) is 0.339. The van der Waals surface area contributed by atoms with E-state index in [0.717, 1.165) is 52.8 Å². The molecule has 1 fully saturated rings. The molecule has 6 heteroatoms. The largest absolute Gasteiger partial charge is 0.508 e. The van der Waals surface area contributed by atoms with Crippen molar-refractivity contribution in [2.24, 2.45) is 11.8 Å². The normalized spacial score (nSPS) is 20.8. The molecular weight excluding hydrogens is 456 g/mol. The van der Waals surface area contributed by atoms with Crippen molar-refractivity contribution in [2.75, 3.05) is 6.61 Å². The van der Waals surface area contributed by atoms with Crippen LogP contribution in [-0.2, 0) is 4.79 Å². The predicted octanol–water partition coefficient (Wildman–Crippen LogP) is 6.43. The molecule has 0 amide bonds. The van der Waals surface area contributed by atoms with Gasteiger partial charge >= 0.3 is 5.97 Å². The molecule has 36 heavy (non-hydrogen) atoms. The zero-order valence-corrected chi connectivity index (χ0v) is 20.2. The van der Waals surface area contributed by atoms with Crippen molar-refractivity contribution in [3.8, 4) is 23.0 Å². The van der Waals surface area contributed by atoms with Crippen molar-refractivity contribution in [2.45, 2.75) is 38.7 Å². The highest BCUT2D eigenvalue weighted by atomic mass is 16.5. The minimum absolute atomic E-state index is 0.172. The second-order valence-electron chi connectivity index (χ2n) is 9.77. The van der Waals surface area contributed by atoms with Gasteiger partial charge in [-0.15, -0.1) is 0 Å². The van der Waals surface area contributed by atoms with E-state index in [1.165, 1.54) is 0 Å². The van der Waals surface area contributed by atoms with Crippen LogP contribution in [0.15, 0.2) is 66.7 Å². The lowest BCUT2D eigenvalue weighted by Gasteiger charge is -2.34. The van der Waals surface area contributed by atoms with Crippen LogP contribution in [0.4, 0.5) is 0 Å². The van der Waals surface area contributed by atoms with E-state index < -0.39 is 5.97 Å². The van der Waals surface area contributed by atoms with E-state index in [1.54, 1.807) is 30.3 Å². The van der Waals surface area contributed by atoms with Gasteiger partial charge in [0.05, 0.1) is 6.61 Å². The fraction of sp³-hybridized carbons (Fsp3) is 0.300. The molecule has 1 heterocycles. The first kappa shape index (κ1) is 23.8. The third kappa shape index (κ3) is 5.03. The van der Waals surface area contributed by atoms with Crippen molar-refractivity contribution in [1.29, 1.82) is 0 Å². The van der Waals surface area contributed by atoms with Crippen LogP contribution >= 0.6 is 0 Å². The van der Waals surface area contributed by atoms with Gasteiger partial charge in [-0.3, -0.25) is 4.79 Å². The zero-order chi connectivity index (χ0) is 25.2. The van der Waals surface area contributed by atoms with Crippen molar-refractivity contribution >= 4 is 17.1 Å². The van der Waals surface area contributed by atoms with E-state index in [0.29, 0.717) is 24.2 Å². The second kappa shape index (κ2) is 9.97. The molecule has 0 saturated heterocycles. The Balaban J connectivity index is 1.31. The summed E-state index contributed by atoms with van der Waals surface area (Å²) in [6.45, 7) is 2.61. The minimum Gasteiger partial charge on any atom is -0.508 e. The van der Waals surface area contributed by atoms with Crippen LogP contribution in [0.1, 0.15) is 55.4 Å². The number of ether oxygens (including phenoxy) is 2. The lowest BCUT2D eigenvalue weighted by atomic mass is 9.72. The maximum atomic E-state index is 10.8. The van der Waals surface area contributed by atoms with Crippen LogP contribution in [0.3, 0.4) is 0 Å². The van der Waals surface area contributed by atoms with E-state index in [2.05, 4.69) is 0 Å². The average Bonchev–Trinajstić information content (AvgIpc) is 2.83. The molecular formula is C30H30O6. The monoisotopic (exact) mass is 486 g/mol. The van der Waals surface area contributed by atoms with E-state index in [1.807, 2.05) is 43.3 Å². The molecule has 0 unspecified atom stereocenters. The molecule has 0 aromatic heterocycles.